The highest BCUT2D eigenvalue weighted by molar-refractivity contribution is 5.88. The van der Waals surface area contributed by atoms with Crippen molar-refractivity contribution in [3.05, 3.63) is 484 Å². The van der Waals surface area contributed by atoms with E-state index in [-0.39, 0.29) is 33.4 Å². The van der Waals surface area contributed by atoms with Crippen LogP contribution in [0.2, 0.25) is 0 Å². The van der Waals surface area contributed by atoms with Crippen LogP contribution in [0.1, 0.15) is 244 Å². The van der Waals surface area contributed by atoms with E-state index >= 15 is 0 Å². The summed E-state index contributed by atoms with van der Waals surface area (Å²) in [6, 6.07) is 107. The van der Waals surface area contributed by atoms with Gasteiger partial charge in [-0.05, 0) is 381 Å². The zero-order chi connectivity index (χ0) is 107. The molecule has 0 nitrogen and oxygen atoms in total. The number of benzene rings is 17. The van der Waals surface area contributed by atoms with Gasteiger partial charge >= 0.3 is 0 Å². The highest BCUT2D eigenvalue weighted by atomic mass is 19.2. The molecule has 0 radical (unpaired) electrons. The quantitative estimate of drug-likeness (QED) is 0.0529. The standard InChI is InChI=1S/C20H20.3C18H22.2C17H20.C16H14F4.C16H15F3/c1-3-15-5-8-17(9-6-15)19-12-11-18-13-16(4-2)7-10-20(18)14-19;1-5-15-7-10-18(14(4)11-15)17-9-8-16(6-2)13(3)12-17;1-5-15-7-9-17(11-13(15)3)18-10-8-16(6-2)14(4)12-18;1-5-15-7-9-17(13(3)11-15)18-10-8-16(6-2)12-14(18)4;1-4-14-6-9-16(10-7-14)17-11-8-15(5-2)12-13(17)3;1-4-14-6-8-16(9-7-14)17-11-10-15(5-2)13(3)12-17;1-3-9-5-7-11(15(19)13(9)17)12-8-6-10(4-2)14(18)16(12)20;1-3-10-5-7-12(14(17)9-10)13-8-6-11(4-2)15(18)16(13)19/h5-14H,3-4H2,1-2H3;3*7-12H,5-6H2,1-4H3;2*6-12H,4-5H2,1-3H3;5-8H,3-4H2,1-2H3;5-9H,3-4H2,1-2H3. The number of rotatable bonds is 24. The predicted octanol–water partition coefficient (Wildman–Crippen LogP) is 40.4. The van der Waals surface area contributed by atoms with Crippen molar-refractivity contribution in [3.63, 3.8) is 0 Å². The monoisotopic (exact) mass is 1970 g/mol. The van der Waals surface area contributed by atoms with Gasteiger partial charge in [0.15, 0.2) is 34.9 Å². The second kappa shape index (κ2) is 57.0. The second-order valence-corrected chi connectivity index (χ2v) is 38.3. The smallest absolute Gasteiger partial charge is 0.167 e. The molecule has 0 N–H and O–H groups in total. The molecule has 0 aliphatic rings. The highest BCUT2D eigenvalue weighted by Crippen LogP contribution is 2.37. The Hall–Kier alpha value is -13.5. The van der Waals surface area contributed by atoms with Crippen LogP contribution in [-0.4, -0.2) is 0 Å². The first-order valence-electron chi connectivity index (χ1n) is 53.6. The SMILES string of the molecule is CCc1ccc(-c2ccc(CC)c(C)c2)c(C)c1.CCc1ccc(-c2ccc(CC)c(C)c2)cc1.CCc1ccc(-c2ccc(CC)c(C)c2)cc1C.CCc1ccc(-c2ccc(CC)c(F)c2F)c(F)c1.CCc1ccc(-c2ccc(CC)c(F)c2F)c(F)c1F.CCc1ccc(-c2ccc(CC)cc2C)c(C)c1.CCc1ccc(-c2ccc(CC)cc2C)cc1.CCc1ccc(-c2ccc3cc(CC)ccc3c2)cc1. The average Bonchev–Trinajstić information content (AvgIpc) is 0.790. The fourth-order valence-electron chi connectivity index (χ4n) is 18.8. The summed E-state index contributed by atoms with van der Waals surface area (Å²) >= 11 is 0. The van der Waals surface area contributed by atoms with Crippen LogP contribution in [0.4, 0.5) is 30.7 Å². The summed E-state index contributed by atoms with van der Waals surface area (Å²) in [5.74, 6) is -6.71. The van der Waals surface area contributed by atoms with Gasteiger partial charge in [0.05, 0.1) is 0 Å². The Balaban J connectivity index is 0.000000172. The van der Waals surface area contributed by atoms with Crippen molar-refractivity contribution in [1.82, 2.24) is 0 Å². The molecule has 764 valence electrons. The molecule has 0 saturated carbocycles. The van der Waals surface area contributed by atoms with Crippen LogP contribution < -0.4 is 0 Å². The largest absolute Gasteiger partial charge is 0.206 e. The van der Waals surface area contributed by atoms with Crippen molar-refractivity contribution in [2.24, 2.45) is 0 Å². The molecule has 17 rings (SSSR count). The fourth-order valence-corrected chi connectivity index (χ4v) is 18.8. The van der Waals surface area contributed by atoms with Gasteiger partial charge in [-0.1, -0.05) is 408 Å². The third-order valence-electron chi connectivity index (χ3n) is 28.7. The van der Waals surface area contributed by atoms with Crippen molar-refractivity contribution in [1.29, 1.82) is 0 Å². The molecule has 147 heavy (non-hydrogen) atoms. The zero-order valence-corrected chi connectivity index (χ0v) is 91.9. The summed E-state index contributed by atoms with van der Waals surface area (Å²) in [5, 5.41) is 2.65. The van der Waals surface area contributed by atoms with Crippen LogP contribution in [0, 0.1) is 96.1 Å². The van der Waals surface area contributed by atoms with Gasteiger partial charge in [-0.3, -0.25) is 0 Å². The average molecular weight is 1970 g/mol. The predicted molar refractivity (Wildman–Crippen MR) is 620 cm³/mol. The van der Waals surface area contributed by atoms with Gasteiger partial charge in [-0.2, -0.15) is 0 Å². The van der Waals surface area contributed by atoms with Crippen molar-refractivity contribution in [2.45, 2.75) is 269 Å². The lowest BCUT2D eigenvalue weighted by Crippen LogP contribution is -2.00. The Morgan fingerprint density at radius 2 is 0.333 bits per heavy atom. The van der Waals surface area contributed by atoms with Gasteiger partial charge in [-0.25, -0.2) is 30.7 Å². The Morgan fingerprint density at radius 3 is 0.633 bits per heavy atom. The molecule has 0 fully saturated rings. The van der Waals surface area contributed by atoms with Gasteiger partial charge in [-0.15, -0.1) is 0 Å². The van der Waals surface area contributed by atoms with Crippen LogP contribution >= 0.6 is 0 Å². The summed E-state index contributed by atoms with van der Waals surface area (Å²) < 4.78 is 97.0. The van der Waals surface area contributed by atoms with E-state index in [1.54, 1.807) is 26.8 Å². The summed E-state index contributed by atoms with van der Waals surface area (Å²) in [6.45, 7) is 51.1. The number of hydrogen-bond donors (Lipinski definition) is 0. The number of aryl methyl sites for hydroxylation is 24. The van der Waals surface area contributed by atoms with Gasteiger partial charge < -0.3 is 0 Å². The Bertz CT molecular complexity index is 7030. The van der Waals surface area contributed by atoms with E-state index in [4.69, 9.17) is 0 Å². The van der Waals surface area contributed by atoms with Crippen molar-refractivity contribution in [3.8, 4) is 89.0 Å². The van der Waals surface area contributed by atoms with Gasteiger partial charge in [0.25, 0.3) is 0 Å². The van der Waals surface area contributed by atoms with E-state index in [1.165, 1.54) is 237 Å². The minimum atomic E-state index is -1.15. The third-order valence-corrected chi connectivity index (χ3v) is 28.7. The maximum absolute atomic E-state index is 14.0. The lowest BCUT2D eigenvalue weighted by molar-refractivity contribution is 0.493. The van der Waals surface area contributed by atoms with Crippen LogP contribution in [0.5, 0.6) is 0 Å². The summed E-state index contributed by atoms with van der Waals surface area (Å²) in [7, 11) is 0. The first-order valence-corrected chi connectivity index (χ1v) is 53.6. The van der Waals surface area contributed by atoms with E-state index in [2.05, 4.69) is 393 Å². The van der Waals surface area contributed by atoms with Crippen LogP contribution in [-0.2, 0) is 103 Å². The van der Waals surface area contributed by atoms with Crippen LogP contribution in [0.25, 0.3) is 99.8 Å². The lowest BCUT2D eigenvalue weighted by Gasteiger charge is -2.12. The van der Waals surface area contributed by atoms with Crippen LogP contribution in [0.3, 0.4) is 0 Å². The molecule has 17 aromatic rings. The Labute approximate surface area is 877 Å². The summed E-state index contributed by atoms with van der Waals surface area (Å²) in [6.07, 6.45) is 15.0. The molecule has 0 atom stereocenters. The molecular formula is C140H155F7. The molecule has 7 heteroatoms. The van der Waals surface area contributed by atoms with Gasteiger partial charge in [0.2, 0.25) is 0 Å². The Morgan fingerprint density at radius 1 is 0.129 bits per heavy atom. The molecule has 0 amide bonds. The van der Waals surface area contributed by atoms with E-state index in [0.717, 1.165) is 82.6 Å². The first-order chi connectivity index (χ1) is 70.8. The van der Waals surface area contributed by atoms with E-state index < -0.39 is 40.7 Å². The molecule has 0 bridgehead atoms. The maximum atomic E-state index is 14.0. The van der Waals surface area contributed by atoms with Crippen LogP contribution in [0.15, 0.2) is 309 Å². The molecule has 0 spiro atoms. The van der Waals surface area contributed by atoms with E-state index in [9.17, 15) is 30.7 Å². The normalized spacial score (nSPS) is 10.7. The maximum Gasteiger partial charge on any atom is 0.167 e. The number of hydrogen-bond acceptors (Lipinski definition) is 0. The summed E-state index contributed by atoms with van der Waals surface area (Å²) in [4.78, 5) is 0. The van der Waals surface area contributed by atoms with E-state index in [0.29, 0.717) is 31.2 Å². The third kappa shape index (κ3) is 30.8. The fraction of sp³-hybridized carbons (Fsp3) is 0.286. The molecule has 0 unspecified atom stereocenters. The molecule has 0 aromatic heterocycles. The molecule has 0 saturated heterocycles. The summed E-state index contributed by atoms with van der Waals surface area (Å²) in [5.41, 5.74) is 45.2. The van der Waals surface area contributed by atoms with Crippen molar-refractivity contribution < 1.29 is 30.7 Å². The molecule has 0 aliphatic carbocycles. The molecule has 0 heterocycles. The van der Waals surface area contributed by atoms with Crippen molar-refractivity contribution >= 4 is 10.8 Å². The first kappa shape index (κ1) is 115. The highest BCUT2D eigenvalue weighted by Gasteiger charge is 2.22. The lowest BCUT2D eigenvalue weighted by atomic mass is 9.93. The topological polar surface area (TPSA) is 0 Å². The van der Waals surface area contributed by atoms with Crippen molar-refractivity contribution in [2.75, 3.05) is 0 Å². The number of halogens is 7. The molecular weight excluding hydrogens is 1810 g/mol. The Kier molecular flexibility index (Phi) is 44.8. The molecule has 0 aliphatic heterocycles. The van der Waals surface area contributed by atoms with Gasteiger partial charge in [0.1, 0.15) is 5.82 Å². The minimum Gasteiger partial charge on any atom is -0.206 e. The molecule has 17 aromatic carbocycles. The minimum absolute atomic E-state index is 0.0325. The van der Waals surface area contributed by atoms with E-state index in [1.807, 2.05) is 6.92 Å². The second-order valence-electron chi connectivity index (χ2n) is 38.3. The van der Waals surface area contributed by atoms with Gasteiger partial charge in [0, 0.05) is 22.3 Å². The zero-order valence-electron chi connectivity index (χ0n) is 91.9. The number of fused-ring (bicyclic) bond motifs is 1.